The number of hydrogen-bond donors (Lipinski definition) is 1. The maximum atomic E-state index is 12.7. The summed E-state index contributed by atoms with van der Waals surface area (Å²) in [5.41, 5.74) is 1.03. The summed E-state index contributed by atoms with van der Waals surface area (Å²) < 4.78 is 11.4. The molecule has 1 atom stereocenters. The lowest BCUT2D eigenvalue weighted by atomic mass is 9.91. The number of hydrogen-bond acceptors (Lipinski definition) is 4. The number of carbonyl (C=O) groups is 1. The summed E-state index contributed by atoms with van der Waals surface area (Å²) >= 11 is 0. The highest BCUT2D eigenvalue weighted by Crippen LogP contribution is 2.30. The van der Waals surface area contributed by atoms with Gasteiger partial charge in [0.2, 0.25) is 0 Å². The highest BCUT2D eigenvalue weighted by atomic mass is 16.5. The Bertz CT molecular complexity index is 662. The van der Waals surface area contributed by atoms with E-state index in [0.29, 0.717) is 25.7 Å². The van der Waals surface area contributed by atoms with Crippen LogP contribution in [0.4, 0.5) is 4.79 Å². The minimum absolute atomic E-state index is 0.0319. The summed E-state index contributed by atoms with van der Waals surface area (Å²) in [6.07, 6.45) is 4.90. The second-order valence-electron chi connectivity index (χ2n) is 8.12. The van der Waals surface area contributed by atoms with Gasteiger partial charge in [-0.05, 0) is 36.5 Å². The first-order chi connectivity index (χ1) is 13.2. The van der Waals surface area contributed by atoms with Crippen molar-refractivity contribution in [2.24, 2.45) is 5.92 Å². The van der Waals surface area contributed by atoms with Gasteiger partial charge in [0.05, 0.1) is 13.2 Å². The van der Waals surface area contributed by atoms with Crippen LogP contribution in [-0.2, 0) is 6.54 Å². The van der Waals surface area contributed by atoms with Crippen LogP contribution in [0.3, 0.4) is 0 Å². The Labute approximate surface area is 161 Å². The van der Waals surface area contributed by atoms with Crippen LogP contribution in [0, 0.1) is 5.92 Å². The standard InChI is InChI=1S/C21H31N3O3/c1-16-14-23(18-4-2-5-18)8-9-24(15-16)21(25)22-13-17-6-7-19-20(12-17)27-11-3-10-26-19/h6-7,12,16,18H,2-5,8-11,13-15H2,1H3,(H,22,25). The number of carbonyl (C=O) groups excluding carboxylic acids is 1. The molecule has 148 valence electrons. The molecule has 1 N–H and O–H groups in total. The van der Waals surface area contributed by atoms with Crippen molar-refractivity contribution >= 4 is 6.03 Å². The van der Waals surface area contributed by atoms with Gasteiger partial charge in [0.15, 0.2) is 11.5 Å². The lowest BCUT2D eigenvalue weighted by Crippen LogP contribution is -2.44. The van der Waals surface area contributed by atoms with Crippen molar-refractivity contribution < 1.29 is 14.3 Å². The van der Waals surface area contributed by atoms with Crippen LogP contribution in [0.15, 0.2) is 18.2 Å². The molecule has 2 aliphatic heterocycles. The van der Waals surface area contributed by atoms with E-state index in [1.54, 1.807) is 0 Å². The van der Waals surface area contributed by atoms with E-state index in [2.05, 4.69) is 17.1 Å². The Morgan fingerprint density at radius 2 is 1.93 bits per heavy atom. The van der Waals surface area contributed by atoms with Crippen LogP contribution in [0.5, 0.6) is 11.5 Å². The zero-order valence-electron chi connectivity index (χ0n) is 16.3. The first-order valence-corrected chi connectivity index (χ1v) is 10.3. The van der Waals surface area contributed by atoms with Crippen molar-refractivity contribution in [1.82, 2.24) is 15.1 Å². The van der Waals surface area contributed by atoms with Gasteiger partial charge in [-0.1, -0.05) is 19.4 Å². The van der Waals surface area contributed by atoms with E-state index in [4.69, 9.17) is 9.47 Å². The smallest absolute Gasteiger partial charge is 0.317 e. The van der Waals surface area contributed by atoms with Crippen LogP contribution in [0.25, 0.3) is 0 Å². The molecular weight excluding hydrogens is 342 g/mol. The molecule has 6 heteroatoms. The van der Waals surface area contributed by atoms with Gasteiger partial charge in [0, 0.05) is 45.2 Å². The SMILES string of the molecule is CC1CN(C(=O)NCc2ccc3c(c2)OCCCO3)CCN(C2CCC2)C1. The number of nitrogens with zero attached hydrogens (tertiary/aromatic N) is 2. The number of urea groups is 1. The minimum Gasteiger partial charge on any atom is -0.490 e. The molecule has 2 fully saturated rings. The van der Waals surface area contributed by atoms with Gasteiger partial charge in [0.1, 0.15) is 0 Å². The number of ether oxygens (including phenoxy) is 2. The molecule has 0 bridgehead atoms. The van der Waals surface area contributed by atoms with Crippen molar-refractivity contribution in [1.29, 1.82) is 0 Å². The van der Waals surface area contributed by atoms with E-state index in [9.17, 15) is 4.79 Å². The van der Waals surface area contributed by atoms with Crippen LogP contribution < -0.4 is 14.8 Å². The molecule has 27 heavy (non-hydrogen) atoms. The van der Waals surface area contributed by atoms with E-state index < -0.39 is 0 Å². The Hall–Kier alpha value is -1.95. The molecule has 1 unspecified atom stereocenters. The number of amides is 2. The average molecular weight is 373 g/mol. The van der Waals surface area contributed by atoms with Gasteiger partial charge in [-0.15, -0.1) is 0 Å². The summed E-state index contributed by atoms with van der Waals surface area (Å²) in [7, 11) is 0. The Morgan fingerprint density at radius 1 is 1.11 bits per heavy atom. The average Bonchev–Trinajstić information content (AvgIpc) is 2.96. The molecule has 1 saturated heterocycles. The molecule has 1 aliphatic carbocycles. The number of nitrogens with one attached hydrogen (secondary N) is 1. The maximum absolute atomic E-state index is 12.7. The number of benzene rings is 1. The molecule has 1 saturated carbocycles. The highest BCUT2D eigenvalue weighted by molar-refractivity contribution is 5.74. The van der Waals surface area contributed by atoms with E-state index in [1.807, 2.05) is 23.1 Å². The van der Waals surface area contributed by atoms with Crippen molar-refractivity contribution in [3.05, 3.63) is 23.8 Å². The lowest BCUT2D eigenvalue weighted by molar-refractivity contribution is 0.122. The molecule has 3 aliphatic rings. The predicted molar refractivity (Wildman–Crippen MR) is 104 cm³/mol. The zero-order chi connectivity index (χ0) is 18.6. The molecular formula is C21H31N3O3. The Morgan fingerprint density at radius 3 is 2.70 bits per heavy atom. The molecule has 1 aromatic rings. The second kappa shape index (κ2) is 8.38. The third-order valence-corrected chi connectivity index (χ3v) is 5.87. The van der Waals surface area contributed by atoms with Crippen LogP contribution in [0.2, 0.25) is 0 Å². The molecule has 4 rings (SSSR count). The molecule has 2 heterocycles. The summed E-state index contributed by atoms with van der Waals surface area (Å²) in [5.74, 6) is 2.08. The normalized spacial score (nSPS) is 23.9. The highest BCUT2D eigenvalue weighted by Gasteiger charge is 2.30. The fourth-order valence-corrected chi connectivity index (χ4v) is 4.14. The maximum Gasteiger partial charge on any atom is 0.317 e. The van der Waals surface area contributed by atoms with Gasteiger partial charge in [0.25, 0.3) is 0 Å². The monoisotopic (exact) mass is 373 g/mol. The molecule has 0 spiro atoms. The fourth-order valence-electron chi connectivity index (χ4n) is 4.14. The lowest BCUT2D eigenvalue weighted by Gasteiger charge is -2.37. The summed E-state index contributed by atoms with van der Waals surface area (Å²) in [6, 6.07) is 6.69. The molecule has 0 aromatic heterocycles. The van der Waals surface area contributed by atoms with Gasteiger partial charge in [-0.25, -0.2) is 4.79 Å². The first-order valence-electron chi connectivity index (χ1n) is 10.3. The van der Waals surface area contributed by atoms with Gasteiger partial charge in [-0.2, -0.15) is 0 Å². The minimum atomic E-state index is 0.0319. The number of rotatable bonds is 3. The Balaban J connectivity index is 1.31. The number of fused-ring (bicyclic) bond motifs is 1. The van der Waals surface area contributed by atoms with E-state index in [1.165, 1.54) is 19.3 Å². The molecule has 1 aromatic carbocycles. The van der Waals surface area contributed by atoms with Gasteiger partial charge in [-0.3, -0.25) is 4.90 Å². The second-order valence-corrected chi connectivity index (χ2v) is 8.12. The van der Waals surface area contributed by atoms with Gasteiger partial charge < -0.3 is 19.7 Å². The zero-order valence-corrected chi connectivity index (χ0v) is 16.3. The third-order valence-electron chi connectivity index (χ3n) is 5.87. The fraction of sp³-hybridized carbons (Fsp3) is 0.667. The van der Waals surface area contributed by atoms with Crippen molar-refractivity contribution in [2.75, 3.05) is 39.4 Å². The van der Waals surface area contributed by atoms with E-state index >= 15 is 0 Å². The summed E-state index contributed by atoms with van der Waals surface area (Å²) in [4.78, 5) is 17.3. The van der Waals surface area contributed by atoms with Crippen molar-refractivity contribution in [3.63, 3.8) is 0 Å². The Kier molecular flexibility index (Phi) is 5.72. The van der Waals surface area contributed by atoms with Crippen LogP contribution in [0.1, 0.15) is 38.2 Å². The molecule has 0 radical (unpaired) electrons. The molecule has 2 amide bonds. The third kappa shape index (κ3) is 4.49. The quantitative estimate of drug-likeness (QED) is 0.885. The van der Waals surface area contributed by atoms with Crippen molar-refractivity contribution in [3.8, 4) is 11.5 Å². The molecule has 6 nitrogen and oxygen atoms in total. The van der Waals surface area contributed by atoms with E-state index in [0.717, 1.165) is 55.7 Å². The van der Waals surface area contributed by atoms with E-state index in [-0.39, 0.29) is 6.03 Å². The predicted octanol–water partition coefficient (Wildman–Crippen LogP) is 2.86. The van der Waals surface area contributed by atoms with Crippen LogP contribution >= 0.6 is 0 Å². The van der Waals surface area contributed by atoms with Crippen molar-refractivity contribution in [2.45, 2.75) is 45.2 Å². The van der Waals surface area contributed by atoms with Gasteiger partial charge >= 0.3 is 6.03 Å². The summed E-state index contributed by atoms with van der Waals surface area (Å²) in [5, 5.41) is 3.08. The topological polar surface area (TPSA) is 54.0 Å². The summed E-state index contributed by atoms with van der Waals surface area (Å²) in [6.45, 7) is 7.86. The largest absolute Gasteiger partial charge is 0.490 e. The first kappa shape index (κ1) is 18.4. The van der Waals surface area contributed by atoms with Crippen LogP contribution in [-0.4, -0.2) is 61.3 Å².